The number of aliphatic hydroxyl groups excluding tert-OH is 1. The monoisotopic (exact) mass is 414 g/mol. The molecule has 0 amide bonds. The van der Waals surface area contributed by atoms with E-state index in [1.807, 2.05) is 0 Å². The molecule has 7 atom stereocenters. The summed E-state index contributed by atoms with van der Waals surface area (Å²) in [7, 11) is 0. The maximum atomic E-state index is 12.5. The number of benzene rings is 2. The molecular weight excluding hydrogens is 396 g/mol. The molecule has 9 nitrogen and oxygen atoms in total. The van der Waals surface area contributed by atoms with Gasteiger partial charge in [-0.2, -0.15) is 0 Å². The predicted octanol–water partition coefficient (Wildman–Crippen LogP) is 1.64. The van der Waals surface area contributed by atoms with Crippen LogP contribution in [0, 0.1) is 0 Å². The molecular formula is C21H18O9. The molecule has 4 fully saturated rings. The van der Waals surface area contributed by atoms with Crippen LogP contribution in [0.5, 0.6) is 5.75 Å². The lowest BCUT2D eigenvalue weighted by molar-refractivity contribution is -0.479. The van der Waals surface area contributed by atoms with E-state index in [2.05, 4.69) is 0 Å². The van der Waals surface area contributed by atoms with Crippen molar-refractivity contribution in [2.24, 2.45) is 0 Å². The number of carbonyl (C=O) groups is 2. The van der Waals surface area contributed by atoms with Crippen molar-refractivity contribution in [2.75, 3.05) is 0 Å². The highest BCUT2D eigenvalue weighted by atomic mass is 16.9. The van der Waals surface area contributed by atoms with Gasteiger partial charge in [-0.25, -0.2) is 9.59 Å². The van der Waals surface area contributed by atoms with Gasteiger partial charge in [0, 0.05) is 0 Å². The van der Waals surface area contributed by atoms with E-state index in [4.69, 9.17) is 28.4 Å². The maximum Gasteiger partial charge on any atom is 0.514 e. The molecule has 30 heavy (non-hydrogen) atoms. The van der Waals surface area contributed by atoms with Crippen molar-refractivity contribution in [2.45, 2.75) is 43.1 Å². The Bertz CT molecular complexity index is 919. The highest BCUT2D eigenvalue weighted by Crippen LogP contribution is 2.42. The molecule has 3 heterocycles. The van der Waals surface area contributed by atoms with Crippen LogP contribution >= 0.6 is 0 Å². The third kappa shape index (κ3) is 3.41. The van der Waals surface area contributed by atoms with Gasteiger partial charge in [0.2, 0.25) is 0 Å². The van der Waals surface area contributed by atoms with E-state index in [1.165, 1.54) is 0 Å². The van der Waals surface area contributed by atoms with Crippen LogP contribution in [0.1, 0.15) is 10.4 Å². The number of hydrogen-bond acceptors (Lipinski definition) is 9. The second-order valence-electron chi connectivity index (χ2n) is 7.06. The van der Waals surface area contributed by atoms with Gasteiger partial charge in [0.05, 0.1) is 5.56 Å². The van der Waals surface area contributed by atoms with Gasteiger partial charge >= 0.3 is 12.1 Å². The number of ether oxygens (including phenoxy) is 6. The molecule has 2 aromatic carbocycles. The first-order chi connectivity index (χ1) is 14.6. The summed E-state index contributed by atoms with van der Waals surface area (Å²) in [6.45, 7) is -1.04. The minimum Gasteiger partial charge on any atom is -0.453 e. The molecule has 2 aromatic rings. The van der Waals surface area contributed by atoms with Crippen molar-refractivity contribution in [3.8, 4) is 5.75 Å². The van der Waals surface area contributed by atoms with Crippen LogP contribution in [0.4, 0.5) is 4.79 Å². The zero-order valence-electron chi connectivity index (χ0n) is 15.5. The summed E-state index contributed by atoms with van der Waals surface area (Å²) in [5, 5.41) is 10.6. The summed E-state index contributed by atoms with van der Waals surface area (Å²) in [6.07, 6.45) is -6.89. The average molecular weight is 414 g/mol. The third-order valence-corrected chi connectivity index (χ3v) is 5.20. The van der Waals surface area contributed by atoms with Crippen LogP contribution in [-0.4, -0.2) is 60.3 Å². The Kier molecular flexibility index (Phi) is 4.87. The van der Waals surface area contributed by atoms with Gasteiger partial charge in [0.15, 0.2) is 12.2 Å². The molecule has 0 aromatic heterocycles. The molecule has 0 radical (unpaired) electrons. The normalized spacial score (nSPS) is 33.7. The quantitative estimate of drug-likeness (QED) is 0.590. The standard InChI is InChI=1S/C21H18O9/c22-13-14-16(26-19(23)11-7-3-1-4-8-11)18-17(15(13)29-21(28-14)30-18)27-20(24)25-12-9-5-2-6-10-12/h1-10,13-18,21-22H/t13-,14-,15+,16+,17+,18-,21+/m0/s1. The fourth-order valence-corrected chi connectivity index (χ4v) is 3.84. The van der Waals surface area contributed by atoms with Crippen molar-refractivity contribution < 1.29 is 43.1 Å². The van der Waals surface area contributed by atoms with Crippen molar-refractivity contribution in [3.63, 3.8) is 0 Å². The van der Waals surface area contributed by atoms with E-state index in [1.54, 1.807) is 60.7 Å². The number of esters is 1. The topological polar surface area (TPSA) is 110 Å². The molecule has 9 heteroatoms. The zero-order chi connectivity index (χ0) is 20.7. The highest BCUT2D eigenvalue weighted by Gasteiger charge is 2.64. The molecule has 0 spiro atoms. The third-order valence-electron chi connectivity index (χ3n) is 5.20. The summed E-state index contributed by atoms with van der Waals surface area (Å²) < 4.78 is 32.7. The molecule has 3 saturated heterocycles. The lowest BCUT2D eigenvalue weighted by Gasteiger charge is -2.56. The lowest BCUT2D eigenvalue weighted by atomic mass is 9.82. The van der Waals surface area contributed by atoms with Crippen molar-refractivity contribution in [3.05, 3.63) is 66.2 Å². The number of hydrogen-bond donors (Lipinski definition) is 1. The summed E-state index contributed by atoms with van der Waals surface area (Å²) in [6, 6.07) is 16.8. The van der Waals surface area contributed by atoms with Crippen LogP contribution in [0.2, 0.25) is 0 Å². The number of aliphatic hydroxyl groups is 1. The van der Waals surface area contributed by atoms with E-state index in [9.17, 15) is 14.7 Å². The Morgan fingerprint density at radius 3 is 2.00 bits per heavy atom. The molecule has 1 N–H and O–H groups in total. The summed E-state index contributed by atoms with van der Waals surface area (Å²) in [4.78, 5) is 24.8. The van der Waals surface area contributed by atoms with Crippen LogP contribution in [0.3, 0.4) is 0 Å². The molecule has 3 aliphatic heterocycles. The predicted molar refractivity (Wildman–Crippen MR) is 97.4 cm³/mol. The second kappa shape index (κ2) is 7.69. The van der Waals surface area contributed by atoms with Crippen LogP contribution in [0.25, 0.3) is 0 Å². The number of rotatable bonds is 4. The first-order valence-corrected chi connectivity index (χ1v) is 9.44. The molecule has 4 aliphatic rings. The van der Waals surface area contributed by atoms with Gasteiger partial charge < -0.3 is 33.5 Å². The number of carbonyl (C=O) groups excluding carboxylic acids is 2. The van der Waals surface area contributed by atoms with E-state index in [0.29, 0.717) is 11.3 Å². The molecule has 1 aliphatic carbocycles. The van der Waals surface area contributed by atoms with E-state index in [-0.39, 0.29) is 0 Å². The van der Waals surface area contributed by atoms with Gasteiger partial charge in [0.1, 0.15) is 30.2 Å². The van der Waals surface area contributed by atoms with E-state index in [0.717, 1.165) is 0 Å². The molecule has 156 valence electrons. The average Bonchev–Trinajstić information content (AvgIpc) is 2.76. The minimum atomic E-state index is -1.19. The fraction of sp³-hybridized carbons (Fsp3) is 0.333. The Morgan fingerprint density at radius 2 is 1.33 bits per heavy atom. The van der Waals surface area contributed by atoms with Crippen LogP contribution in [0.15, 0.2) is 60.7 Å². The molecule has 4 bridgehead atoms. The summed E-state index contributed by atoms with van der Waals surface area (Å²) >= 11 is 0. The van der Waals surface area contributed by atoms with Crippen LogP contribution < -0.4 is 4.74 Å². The number of para-hydroxylation sites is 1. The van der Waals surface area contributed by atoms with Crippen molar-refractivity contribution in [1.29, 1.82) is 0 Å². The highest BCUT2D eigenvalue weighted by molar-refractivity contribution is 5.89. The summed E-state index contributed by atoms with van der Waals surface area (Å²) in [5.74, 6) is -0.317. The van der Waals surface area contributed by atoms with Gasteiger partial charge in [-0.1, -0.05) is 36.4 Å². The Hall–Kier alpha value is -2.98. The van der Waals surface area contributed by atoms with Crippen molar-refractivity contribution in [1.82, 2.24) is 0 Å². The lowest BCUT2D eigenvalue weighted by Crippen LogP contribution is -2.76. The van der Waals surface area contributed by atoms with Crippen LogP contribution in [-0.2, 0) is 23.7 Å². The largest absolute Gasteiger partial charge is 0.514 e. The smallest absolute Gasteiger partial charge is 0.453 e. The molecule has 1 saturated carbocycles. The SMILES string of the molecule is O=C(Oc1ccccc1)O[C@H]1[C@H]2O[C@H]3O[C@@H]1[C@@H](O)[C@H](O3)[C@H]2OC(=O)c1ccccc1. The van der Waals surface area contributed by atoms with Crippen molar-refractivity contribution >= 4 is 12.1 Å². The van der Waals surface area contributed by atoms with Gasteiger partial charge in [-0.3, -0.25) is 0 Å². The Labute approximate surface area is 171 Å². The zero-order valence-corrected chi connectivity index (χ0v) is 15.5. The Balaban J connectivity index is 1.33. The van der Waals surface area contributed by atoms with E-state index < -0.39 is 55.2 Å². The summed E-state index contributed by atoms with van der Waals surface area (Å²) in [5.41, 5.74) is 0.331. The molecule has 6 rings (SSSR count). The minimum absolute atomic E-state index is 0.295. The Morgan fingerprint density at radius 1 is 0.767 bits per heavy atom. The first kappa shape index (κ1) is 19.0. The van der Waals surface area contributed by atoms with E-state index >= 15 is 0 Å². The second-order valence-corrected chi connectivity index (χ2v) is 7.06. The fourth-order valence-electron chi connectivity index (χ4n) is 3.84. The maximum absolute atomic E-state index is 12.5. The molecule has 0 unspecified atom stereocenters. The first-order valence-electron chi connectivity index (χ1n) is 9.44. The van der Waals surface area contributed by atoms with Gasteiger partial charge in [-0.15, -0.1) is 0 Å². The van der Waals surface area contributed by atoms with Gasteiger partial charge in [0.25, 0.3) is 6.48 Å². The van der Waals surface area contributed by atoms with Gasteiger partial charge in [-0.05, 0) is 24.3 Å².